The van der Waals surface area contributed by atoms with E-state index in [0.717, 1.165) is 12.0 Å². The van der Waals surface area contributed by atoms with Crippen molar-refractivity contribution in [2.24, 2.45) is 5.92 Å². The van der Waals surface area contributed by atoms with Crippen LogP contribution in [0.4, 0.5) is 5.69 Å². The number of esters is 1. The van der Waals surface area contributed by atoms with Crippen molar-refractivity contribution in [3.8, 4) is 0 Å². The molecule has 0 fully saturated rings. The second kappa shape index (κ2) is 10.1. The Kier molecular flexibility index (Phi) is 7.22. The number of carbonyl (C=O) groups is 3. The highest BCUT2D eigenvalue weighted by Crippen LogP contribution is 2.23. The first-order valence-electron chi connectivity index (χ1n) is 10.4. The first kappa shape index (κ1) is 21.6. The topological polar surface area (TPSA) is 66.9 Å². The summed E-state index contributed by atoms with van der Waals surface area (Å²) in [5, 5.41) is 0. The van der Waals surface area contributed by atoms with Crippen molar-refractivity contribution in [1.82, 2.24) is 4.90 Å². The third-order valence-electron chi connectivity index (χ3n) is 5.38. The zero-order valence-electron chi connectivity index (χ0n) is 17.5. The van der Waals surface area contributed by atoms with Crippen molar-refractivity contribution in [2.45, 2.75) is 33.2 Å². The van der Waals surface area contributed by atoms with Crippen molar-refractivity contribution in [2.75, 3.05) is 24.6 Å². The lowest BCUT2D eigenvalue weighted by Gasteiger charge is -2.31. The number of anilines is 1. The van der Waals surface area contributed by atoms with Gasteiger partial charge in [0, 0.05) is 31.7 Å². The summed E-state index contributed by atoms with van der Waals surface area (Å²) in [5.41, 5.74) is 3.04. The van der Waals surface area contributed by atoms with E-state index in [1.165, 1.54) is 10.5 Å². The van der Waals surface area contributed by atoms with Gasteiger partial charge in [-0.15, -0.1) is 0 Å². The van der Waals surface area contributed by atoms with Crippen LogP contribution in [0.5, 0.6) is 0 Å². The van der Waals surface area contributed by atoms with Gasteiger partial charge >= 0.3 is 5.97 Å². The predicted octanol–water partition coefficient (Wildman–Crippen LogP) is 3.19. The molecule has 2 aromatic carbocycles. The number of carbonyl (C=O) groups excluding carboxylic acids is 3. The Morgan fingerprint density at radius 2 is 1.67 bits per heavy atom. The molecule has 0 N–H and O–H groups in total. The lowest BCUT2D eigenvalue weighted by atomic mass is 9.97. The minimum absolute atomic E-state index is 0.158. The zero-order valence-corrected chi connectivity index (χ0v) is 17.5. The standard InChI is InChI=1S/C24H28N2O4/c1-3-26(20-12-6-5-7-13-20)23(28)21(24(29)30-4-2)16-22(27)25-15-14-18-10-8-9-11-19(18)17-25/h5-13,21H,3-4,14-17H2,1-2H3. The summed E-state index contributed by atoms with van der Waals surface area (Å²) < 4.78 is 5.14. The molecule has 3 rings (SSSR count). The van der Waals surface area contributed by atoms with Crippen molar-refractivity contribution >= 4 is 23.5 Å². The molecular formula is C24H28N2O4. The van der Waals surface area contributed by atoms with Gasteiger partial charge in [-0.25, -0.2) is 0 Å². The highest BCUT2D eigenvalue weighted by atomic mass is 16.5. The Balaban J connectivity index is 1.77. The molecule has 1 unspecified atom stereocenters. The van der Waals surface area contributed by atoms with Gasteiger partial charge in [-0.1, -0.05) is 42.5 Å². The van der Waals surface area contributed by atoms with Crippen LogP contribution in [0.2, 0.25) is 0 Å². The van der Waals surface area contributed by atoms with Gasteiger partial charge in [0.05, 0.1) is 6.61 Å². The Hall–Kier alpha value is -3.15. The van der Waals surface area contributed by atoms with Crippen LogP contribution < -0.4 is 4.90 Å². The van der Waals surface area contributed by atoms with Crippen LogP contribution in [-0.4, -0.2) is 42.4 Å². The third-order valence-corrected chi connectivity index (χ3v) is 5.38. The molecule has 0 saturated heterocycles. The SMILES string of the molecule is CCOC(=O)C(CC(=O)N1CCc2ccccc2C1)C(=O)N(CC)c1ccccc1. The highest BCUT2D eigenvalue weighted by molar-refractivity contribution is 6.08. The molecule has 30 heavy (non-hydrogen) atoms. The fourth-order valence-corrected chi connectivity index (χ4v) is 3.79. The molecule has 0 aromatic heterocycles. The van der Waals surface area contributed by atoms with Gasteiger partial charge in [-0.3, -0.25) is 14.4 Å². The fourth-order valence-electron chi connectivity index (χ4n) is 3.79. The van der Waals surface area contributed by atoms with E-state index in [1.54, 1.807) is 11.8 Å². The molecular weight excluding hydrogens is 380 g/mol. The lowest BCUT2D eigenvalue weighted by molar-refractivity contribution is -0.154. The van der Waals surface area contributed by atoms with E-state index >= 15 is 0 Å². The molecule has 0 saturated carbocycles. The van der Waals surface area contributed by atoms with Crippen molar-refractivity contribution in [3.05, 3.63) is 65.7 Å². The molecule has 1 heterocycles. The number of para-hydroxylation sites is 1. The first-order valence-corrected chi connectivity index (χ1v) is 10.4. The molecule has 2 amide bonds. The van der Waals surface area contributed by atoms with Gasteiger partial charge in [0.25, 0.3) is 0 Å². The summed E-state index contributed by atoms with van der Waals surface area (Å²) in [6.07, 6.45) is 0.578. The van der Waals surface area contributed by atoms with Crippen LogP contribution in [-0.2, 0) is 32.1 Å². The van der Waals surface area contributed by atoms with Crippen molar-refractivity contribution < 1.29 is 19.1 Å². The maximum Gasteiger partial charge on any atom is 0.319 e. The van der Waals surface area contributed by atoms with Gasteiger partial charge in [0.15, 0.2) is 0 Å². The molecule has 1 aliphatic rings. The maximum absolute atomic E-state index is 13.3. The van der Waals surface area contributed by atoms with Crippen LogP contribution >= 0.6 is 0 Å². The number of ether oxygens (including phenoxy) is 1. The largest absolute Gasteiger partial charge is 0.465 e. The van der Waals surface area contributed by atoms with E-state index in [0.29, 0.717) is 25.3 Å². The maximum atomic E-state index is 13.3. The number of fused-ring (bicyclic) bond motifs is 1. The van der Waals surface area contributed by atoms with E-state index in [9.17, 15) is 14.4 Å². The highest BCUT2D eigenvalue weighted by Gasteiger charge is 2.36. The van der Waals surface area contributed by atoms with E-state index in [4.69, 9.17) is 4.74 Å². The number of hydrogen-bond acceptors (Lipinski definition) is 4. The Morgan fingerprint density at radius 1 is 1.00 bits per heavy atom. The summed E-state index contributed by atoms with van der Waals surface area (Å²) in [6, 6.07) is 17.2. The van der Waals surface area contributed by atoms with Gasteiger partial charge in [-0.2, -0.15) is 0 Å². The number of amides is 2. The average molecular weight is 408 g/mol. The number of rotatable bonds is 7. The quantitative estimate of drug-likeness (QED) is 0.521. The van der Waals surface area contributed by atoms with E-state index in [2.05, 4.69) is 6.07 Å². The molecule has 0 aliphatic carbocycles. The minimum atomic E-state index is -1.16. The van der Waals surface area contributed by atoms with Gasteiger partial charge < -0.3 is 14.5 Å². The molecule has 6 nitrogen and oxygen atoms in total. The second-order valence-corrected chi connectivity index (χ2v) is 7.26. The van der Waals surface area contributed by atoms with E-state index in [1.807, 2.05) is 55.5 Å². The smallest absolute Gasteiger partial charge is 0.319 e. The number of nitrogens with zero attached hydrogens (tertiary/aromatic N) is 2. The van der Waals surface area contributed by atoms with Crippen LogP contribution in [0.3, 0.4) is 0 Å². The fraction of sp³-hybridized carbons (Fsp3) is 0.375. The van der Waals surface area contributed by atoms with Gasteiger partial charge in [0.1, 0.15) is 5.92 Å². The molecule has 1 aliphatic heterocycles. The normalized spacial score (nSPS) is 13.9. The van der Waals surface area contributed by atoms with Crippen LogP contribution in [0.25, 0.3) is 0 Å². The van der Waals surface area contributed by atoms with Crippen LogP contribution in [0, 0.1) is 5.92 Å². The molecule has 0 spiro atoms. The molecule has 0 radical (unpaired) electrons. The number of hydrogen-bond donors (Lipinski definition) is 0. The molecule has 1 atom stereocenters. The minimum Gasteiger partial charge on any atom is -0.465 e. The third kappa shape index (κ3) is 4.87. The van der Waals surface area contributed by atoms with E-state index in [-0.39, 0.29) is 18.9 Å². The second-order valence-electron chi connectivity index (χ2n) is 7.26. The Labute approximate surface area is 177 Å². The van der Waals surface area contributed by atoms with Crippen molar-refractivity contribution in [3.63, 3.8) is 0 Å². The van der Waals surface area contributed by atoms with Gasteiger partial charge in [0.2, 0.25) is 11.8 Å². The molecule has 0 bridgehead atoms. The monoisotopic (exact) mass is 408 g/mol. The first-order chi connectivity index (χ1) is 14.5. The summed E-state index contributed by atoms with van der Waals surface area (Å²) in [6.45, 7) is 5.16. The van der Waals surface area contributed by atoms with Gasteiger partial charge in [-0.05, 0) is 43.5 Å². The summed E-state index contributed by atoms with van der Waals surface area (Å²) in [4.78, 5) is 42.2. The van der Waals surface area contributed by atoms with Crippen molar-refractivity contribution in [1.29, 1.82) is 0 Å². The summed E-state index contributed by atoms with van der Waals surface area (Å²) in [7, 11) is 0. The average Bonchev–Trinajstić information content (AvgIpc) is 2.78. The van der Waals surface area contributed by atoms with Crippen LogP contribution in [0.15, 0.2) is 54.6 Å². The molecule has 158 valence electrons. The predicted molar refractivity (Wildman–Crippen MR) is 115 cm³/mol. The number of benzene rings is 2. The zero-order chi connectivity index (χ0) is 21.5. The molecule has 6 heteroatoms. The Bertz CT molecular complexity index is 897. The lowest BCUT2D eigenvalue weighted by Crippen LogP contribution is -2.44. The Morgan fingerprint density at radius 3 is 2.33 bits per heavy atom. The summed E-state index contributed by atoms with van der Waals surface area (Å²) in [5.74, 6) is -2.43. The van der Waals surface area contributed by atoms with Crippen LogP contribution in [0.1, 0.15) is 31.4 Å². The van der Waals surface area contributed by atoms with E-state index < -0.39 is 17.8 Å². The molecule has 2 aromatic rings. The summed E-state index contributed by atoms with van der Waals surface area (Å²) >= 11 is 0.